The molecule has 0 aliphatic rings. The molecule has 0 aliphatic carbocycles. The maximum atomic E-state index is 12.9. The molecule has 4 rings (SSSR count). The summed E-state index contributed by atoms with van der Waals surface area (Å²) in [6, 6.07) is 14.5. The summed E-state index contributed by atoms with van der Waals surface area (Å²) in [6.07, 6.45) is 3.32. The molecule has 0 aliphatic heterocycles. The van der Waals surface area contributed by atoms with Gasteiger partial charge in [-0.05, 0) is 36.8 Å². The Morgan fingerprint density at radius 1 is 1.09 bits per heavy atom. The zero-order chi connectivity index (χ0) is 22.5. The number of hydrogen-bond donors (Lipinski definition) is 2. The van der Waals surface area contributed by atoms with E-state index in [0.717, 1.165) is 16.5 Å². The third-order valence-corrected chi connectivity index (χ3v) is 5.82. The lowest BCUT2D eigenvalue weighted by atomic mass is 10.1. The minimum atomic E-state index is -0.476. The molecule has 2 aromatic carbocycles. The van der Waals surface area contributed by atoms with Gasteiger partial charge < -0.3 is 15.1 Å². The molecule has 0 radical (unpaired) electrons. The van der Waals surface area contributed by atoms with E-state index in [-0.39, 0.29) is 12.3 Å². The van der Waals surface area contributed by atoms with Crippen LogP contribution in [0, 0.1) is 6.92 Å². The predicted molar refractivity (Wildman–Crippen MR) is 125 cm³/mol. The average molecular weight is 467 g/mol. The van der Waals surface area contributed by atoms with Gasteiger partial charge in [0.15, 0.2) is 10.9 Å². The van der Waals surface area contributed by atoms with E-state index in [9.17, 15) is 9.59 Å². The van der Waals surface area contributed by atoms with Crippen LogP contribution >= 0.6 is 23.4 Å². The Hall–Kier alpha value is -3.36. The van der Waals surface area contributed by atoms with Crippen molar-refractivity contribution in [2.24, 2.45) is 0 Å². The normalized spacial score (nSPS) is 10.8. The fourth-order valence-electron chi connectivity index (χ4n) is 3.08. The molecule has 0 bridgehead atoms. The summed E-state index contributed by atoms with van der Waals surface area (Å²) in [5, 5.41) is 7.18. The molecule has 2 heterocycles. The van der Waals surface area contributed by atoms with Crippen LogP contribution in [0.5, 0.6) is 0 Å². The van der Waals surface area contributed by atoms with E-state index < -0.39 is 11.8 Å². The first-order valence-electron chi connectivity index (χ1n) is 9.75. The number of halogens is 1. The van der Waals surface area contributed by atoms with Crippen molar-refractivity contribution in [1.29, 1.82) is 0 Å². The second-order valence-corrected chi connectivity index (χ2v) is 8.29. The zero-order valence-corrected chi connectivity index (χ0v) is 18.7. The number of rotatable bonds is 7. The van der Waals surface area contributed by atoms with Gasteiger partial charge in [-0.2, -0.15) is 0 Å². The van der Waals surface area contributed by atoms with Crippen molar-refractivity contribution in [1.82, 2.24) is 15.3 Å². The van der Waals surface area contributed by atoms with Crippen LogP contribution in [-0.2, 0) is 10.5 Å². The number of amides is 2. The standard InChI is InChI=1S/C23H19ClN4O3S/c1-14-7-8-18(17(24)11-14)28-20(29)12-27-22(30)21-16(13-32-23-25-9-4-10-26-23)15-5-2-3-6-19(15)31-21/h2-11H,12-13H2,1H3,(H,27,30)(H,28,29). The van der Waals surface area contributed by atoms with Crippen LogP contribution < -0.4 is 10.6 Å². The van der Waals surface area contributed by atoms with Gasteiger partial charge in [-0.1, -0.05) is 47.6 Å². The first kappa shape index (κ1) is 21.9. The highest BCUT2D eigenvalue weighted by molar-refractivity contribution is 7.98. The quantitative estimate of drug-likeness (QED) is 0.298. The van der Waals surface area contributed by atoms with Crippen LogP contribution in [-0.4, -0.2) is 28.3 Å². The molecule has 9 heteroatoms. The van der Waals surface area contributed by atoms with Crippen molar-refractivity contribution >= 4 is 51.8 Å². The summed E-state index contributed by atoms with van der Waals surface area (Å²) in [5.41, 5.74) is 2.79. The second-order valence-electron chi connectivity index (χ2n) is 6.94. The minimum absolute atomic E-state index is 0.163. The third kappa shape index (κ3) is 5.09. The largest absolute Gasteiger partial charge is 0.451 e. The maximum absolute atomic E-state index is 12.9. The smallest absolute Gasteiger partial charge is 0.287 e. The molecule has 0 saturated heterocycles. The fourth-order valence-corrected chi connectivity index (χ4v) is 4.19. The Bertz CT molecular complexity index is 1280. The fraction of sp³-hybridized carbons (Fsp3) is 0.130. The van der Waals surface area contributed by atoms with Crippen LogP contribution in [0.2, 0.25) is 5.02 Å². The molecule has 4 aromatic rings. The number of nitrogens with one attached hydrogen (secondary N) is 2. The lowest BCUT2D eigenvalue weighted by molar-refractivity contribution is -0.115. The summed E-state index contributed by atoms with van der Waals surface area (Å²) >= 11 is 7.55. The highest BCUT2D eigenvalue weighted by atomic mass is 35.5. The Kier molecular flexibility index (Phi) is 6.72. The molecule has 0 saturated carbocycles. The number of aryl methyl sites for hydroxylation is 1. The number of para-hydroxylation sites is 1. The van der Waals surface area contributed by atoms with Gasteiger partial charge in [0.1, 0.15) is 5.58 Å². The van der Waals surface area contributed by atoms with Gasteiger partial charge in [-0.25, -0.2) is 9.97 Å². The molecule has 2 aromatic heterocycles. The lowest BCUT2D eigenvalue weighted by Gasteiger charge is -2.09. The number of hydrogen-bond acceptors (Lipinski definition) is 6. The second kappa shape index (κ2) is 9.84. The number of anilines is 1. The van der Waals surface area contributed by atoms with E-state index >= 15 is 0 Å². The molecular formula is C23H19ClN4O3S. The average Bonchev–Trinajstić information content (AvgIpc) is 3.17. The highest BCUT2D eigenvalue weighted by Gasteiger charge is 2.21. The number of aromatic nitrogens is 2. The van der Waals surface area contributed by atoms with Crippen molar-refractivity contribution in [3.8, 4) is 0 Å². The van der Waals surface area contributed by atoms with Crippen molar-refractivity contribution in [2.75, 3.05) is 11.9 Å². The topological polar surface area (TPSA) is 97.1 Å². The summed E-state index contributed by atoms with van der Waals surface area (Å²) in [5.74, 6) is -0.268. The van der Waals surface area contributed by atoms with E-state index in [0.29, 0.717) is 27.2 Å². The third-order valence-electron chi connectivity index (χ3n) is 4.60. The molecule has 7 nitrogen and oxygen atoms in total. The van der Waals surface area contributed by atoms with Gasteiger partial charge in [0.25, 0.3) is 5.91 Å². The van der Waals surface area contributed by atoms with E-state index in [1.807, 2.05) is 31.2 Å². The van der Waals surface area contributed by atoms with Gasteiger partial charge in [0.2, 0.25) is 5.91 Å². The van der Waals surface area contributed by atoms with Gasteiger partial charge in [-0.3, -0.25) is 9.59 Å². The van der Waals surface area contributed by atoms with Crippen molar-refractivity contribution in [3.05, 3.63) is 82.8 Å². The Morgan fingerprint density at radius 2 is 1.88 bits per heavy atom. The van der Waals surface area contributed by atoms with Crippen LogP contribution in [0.15, 0.2) is 70.5 Å². The van der Waals surface area contributed by atoms with E-state index in [2.05, 4.69) is 20.6 Å². The van der Waals surface area contributed by atoms with Crippen molar-refractivity contribution in [2.45, 2.75) is 17.8 Å². The number of nitrogens with zero attached hydrogens (tertiary/aromatic N) is 2. The summed E-state index contributed by atoms with van der Waals surface area (Å²) < 4.78 is 5.81. The molecule has 2 N–H and O–H groups in total. The zero-order valence-electron chi connectivity index (χ0n) is 17.1. The van der Waals surface area contributed by atoms with Crippen LogP contribution in [0.1, 0.15) is 21.7 Å². The van der Waals surface area contributed by atoms with Gasteiger partial charge in [-0.15, -0.1) is 0 Å². The predicted octanol–water partition coefficient (Wildman–Crippen LogP) is 4.85. The monoisotopic (exact) mass is 466 g/mol. The molecular weight excluding hydrogens is 448 g/mol. The number of carbonyl (C=O) groups is 2. The summed E-state index contributed by atoms with van der Waals surface area (Å²) in [4.78, 5) is 33.6. The van der Waals surface area contributed by atoms with Gasteiger partial charge in [0, 0.05) is 29.1 Å². The van der Waals surface area contributed by atoms with E-state index in [1.54, 1.807) is 36.7 Å². The minimum Gasteiger partial charge on any atom is -0.451 e. The molecule has 32 heavy (non-hydrogen) atoms. The Balaban J connectivity index is 1.47. The molecule has 2 amide bonds. The lowest BCUT2D eigenvalue weighted by Crippen LogP contribution is -2.33. The number of furan rings is 1. The first-order valence-corrected chi connectivity index (χ1v) is 11.1. The van der Waals surface area contributed by atoms with Gasteiger partial charge >= 0.3 is 0 Å². The van der Waals surface area contributed by atoms with E-state index in [1.165, 1.54) is 11.8 Å². The highest BCUT2D eigenvalue weighted by Crippen LogP contribution is 2.31. The maximum Gasteiger partial charge on any atom is 0.287 e. The number of benzene rings is 2. The Labute approximate surface area is 193 Å². The molecule has 162 valence electrons. The Morgan fingerprint density at radius 3 is 2.66 bits per heavy atom. The first-order chi connectivity index (χ1) is 15.5. The summed E-state index contributed by atoms with van der Waals surface area (Å²) in [6.45, 7) is 1.68. The SMILES string of the molecule is Cc1ccc(NC(=O)CNC(=O)c2oc3ccccc3c2CSc2ncccn2)c(Cl)c1. The van der Waals surface area contributed by atoms with Crippen LogP contribution in [0.25, 0.3) is 11.0 Å². The molecule has 0 atom stereocenters. The number of carbonyl (C=O) groups excluding carboxylic acids is 2. The van der Waals surface area contributed by atoms with Crippen LogP contribution in [0.4, 0.5) is 5.69 Å². The molecule has 0 spiro atoms. The number of thioether (sulfide) groups is 1. The molecule has 0 unspecified atom stereocenters. The van der Waals surface area contributed by atoms with Gasteiger partial charge in [0.05, 0.1) is 17.3 Å². The molecule has 0 fully saturated rings. The van der Waals surface area contributed by atoms with Crippen molar-refractivity contribution < 1.29 is 14.0 Å². The van der Waals surface area contributed by atoms with Crippen LogP contribution in [0.3, 0.4) is 0 Å². The van der Waals surface area contributed by atoms with E-state index in [4.69, 9.17) is 16.0 Å². The summed E-state index contributed by atoms with van der Waals surface area (Å²) in [7, 11) is 0. The number of fused-ring (bicyclic) bond motifs is 1. The van der Waals surface area contributed by atoms with Crippen molar-refractivity contribution in [3.63, 3.8) is 0 Å².